The highest BCUT2D eigenvalue weighted by atomic mass is 16.2. The average molecular weight is 381 g/mol. The van der Waals surface area contributed by atoms with E-state index >= 15 is 0 Å². The molecule has 2 fully saturated rings. The molecule has 154 valence electrons. The van der Waals surface area contributed by atoms with Gasteiger partial charge in [0.05, 0.1) is 13.1 Å². The van der Waals surface area contributed by atoms with Crippen LogP contribution in [0.25, 0.3) is 0 Å². The van der Waals surface area contributed by atoms with Crippen LogP contribution in [0.1, 0.15) is 41.0 Å². The molecule has 2 rings (SSSR count). The number of rotatable bonds is 4. The van der Waals surface area contributed by atoms with Crippen molar-refractivity contribution in [1.82, 2.24) is 20.0 Å². The molecule has 0 radical (unpaired) electrons. The molecular formula is C20H36N4O3. The molecule has 2 atom stereocenters. The Hall–Kier alpha value is -1.63. The van der Waals surface area contributed by atoms with Gasteiger partial charge < -0.3 is 15.1 Å². The molecule has 2 aliphatic rings. The highest BCUT2D eigenvalue weighted by Crippen LogP contribution is 2.21. The molecule has 2 saturated heterocycles. The Morgan fingerprint density at radius 1 is 0.889 bits per heavy atom. The van der Waals surface area contributed by atoms with E-state index in [4.69, 9.17) is 0 Å². The van der Waals surface area contributed by atoms with E-state index in [0.717, 1.165) is 13.1 Å². The maximum absolute atomic E-state index is 12.6. The van der Waals surface area contributed by atoms with Crippen molar-refractivity contribution in [3.05, 3.63) is 0 Å². The van der Waals surface area contributed by atoms with Gasteiger partial charge in [-0.15, -0.1) is 0 Å². The minimum absolute atomic E-state index is 0.0403. The summed E-state index contributed by atoms with van der Waals surface area (Å²) in [5.74, 6) is 1.15. The van der Waals surface area contributed by atoms with Crippen molar-refractivity contribution in [3.63, 3.8) is 0 Å². The second kappa shape index (κ2) is 9.04. The summed E-state index contributed by atoms with van der Waals surface area (Å²) in [6.45, 7) is 14.7. The second-order valence-corrected chi connectivity index (χ2v) is 9.33. The van der Waals surface area contributed by atoms with Crippen molar-refractivity contribution in [3.8, 4) is 0 Å². The molecule has 27 heavy (non-hydrogen) atoms. The zero-order chi connectivity index (χ0) is 20.2. The van der Waals surface area contributed by atoms with Gasteiger partial charge in [-0.1, -0.05) is 34.6 Å². The van der Waals surface area contributed by atoms with Crippen LogP contribution in [-0.4, -0.2) is 84.8 Å². The molecule has 1 N–H and O–H groups in total. The molecule has 3 amide bonds. The number of amides is 3. The molecule has 0 saturated carbocycles. The number of carbonyl (C=O) groups excluding carboxylic acids is 3. The van der Waals surface area contributed by atoms with Crippen LogP contribution in [0.3, 0.4) is 0 Å². The number of likely N-dealkylation sites (tertiary alicyclic amines) is 1. The van der Waals surface area contributed by atoms with Gasteiger partial charge in [-0.05, 0) is 18.3 Å². The Balaban J connectivity index is 1.72. The van der Waals surface area contributed by atoms with Crippen LogP contribution in [0.2, 0.25) is 0 Å². The molecule has 0 aromatic rings. The van der Waals surface area contributed by atoms with Gasteiger partial charge in [-0.25, -0.2) is 0 Å². The summed E-state index contributed by atoms with van der Waals surface area (Å²) >= 11 is 0. The van der Waals surface area contributed by atoms with E-state index in [2.05, 4.69) is 24.1 Å². The Morgan fingerprint density at radius 2 is 1.44 bits per heavy atom. The lowest BCUT2D eigenvalue weighted by Crippen LogP contribution is -2.54. The van der Waals surface area contributed by atoms with Crippen LogP contribution in [0, 0.1) is 17.3 Å². The third kappa shape index (κ3) is 6.48. The molecule has 0 aliphatic carbocycles. The molecular weight excluding hydrogens is 344 g/mol. The number of piperidine rings is 1. The van der Waals surface area contributed by atoms with E-state index in [-0.39, 0.29) is 24.3 Å². The van der Waals surface area contributed by atoms with Crippen molar-refractivity contribution >= 4 is 17.7 Å². The van der Waals surface area contributed by atoms with Gasteiger partial charge >= 0.3 is 0 Å². The number of hydrogen-bond acceptors (Lipinski definition) is 4. The summed E-state index contributed by atoms with van der Waals surface area (Å²) in [7, 11) is 0. The fourth-order valence-electron chi connectivity index (χ4n) is 3.85. The third-order valence-corrected chi connectivity index (χ3v) is 5.39. The minimum Gasteiger partial charge on any atom is -0.347 e. The first kappa shape index (κ1) is 21.7. The van der Waals surface area contributed by atoms with Crippen LogP contribution in [0.15, 0.2) is 0 Å². The van der Waals surface area contributed by atoms with Crippen molar-refractivity contribution in [1.29, 1.82) is 0 Å². The SMILES string of the molecule is CC1CC(C)CN(C(=O)CN2CCN(C(=O)CNC(=O)C(C)(C)C)CC2)C1. The summed E-state index contributed by atoms with van der Waals surface area (Å²) < 4.78 is 0. The fraction of sp³-hybridized carbons (Fsp3) is 0.850. The van der Waals surface area contributed by atoms with Gasteiger partial charge in [0.25, 0.3) is 0 Å². The Morgan fingerprint density at radius 3 is 1.96 bits per heavy atom. The molecule has 7 nitrogen and oxygen atoms in total. The van der Waals surface area contributed by atoms with Crippen molar-refractivity contribution < 1.29 is 14.4 Å². The zero-order valence-electron chi connectivity index (χ0n) is 17.6. The van der Waals surface area contributed by atoms with E-state index in [1.54, 1.807) is 4.90 Å². The molecule has 0 aromatic carbocycles. The first-order valence-corrected chi connectivity index (χ1v) is 10.1. The van der Waals surface area contributed by atoms with Crippen molar-refractivity contribution in [2.24, 2.45) is 17.3 Å². The van der Waals surface area contributed by atoms with Crippen LogP contribution in [-0.2, 0) is 14.4 Å². The summed E-state index contributed by atoms with van der Waals surface area (Å²) in [6, 6.07) is 0. The number of nitrogens with zero attached hydrogens (tertiary/aromatic N) is 3. The molecule has 7 heteroatoms. The topological polar surface area (TPSA) is 73.0 Å². The molecule has 2 aliphatic heterocycles. The predicted octanol–water partition coefficient (Wildman–Crippen LogP) is 0.797. The Labute approximate surface area is 163 Å². The maximum atomic E-state index is 12.6. The largest absolute Gasteiger partial charge is 0.347 e. The number of nitrogens with one attached hydrogen (secondary N) is 1. The molecule has 0 aromatic heterocycles. The van der Waals surface area contributed by atoms with Gasteiger partial charge in [-0.2, -0.15) is 0 Å². The van der Waals surface area contributed by atoms with Gasteiger partial charge in [0.15, 0.2) is 0 Å². The zero-order valence-corrected chi connectivity index (χ0v) is 17.6. The van der Waals surface area contributed by atoms with Crippen LogP contribution < -0.4 is 5.32 Å². The number of carbonyl (C=O) groups is 3. The van der Waals surface area contributed by atoms with Crippen LogP contribution >= 0.6 is 0 Å². The monoisotopic (exact) mass is 380 g/mol. The highest BCUT2D eigenvalue weighted by molar-refractivity contribution is 5.87. The predicted molar refractivity (Wildman–Crippen MR) is 105 cm³/mol. The van der Waals surface area contributed by atoms with E-state index in [1.807, 2.05) is 25.7 Å². The lowest BCUT2D eigenvalue weighted by molar-refractivity contribution is -0.138. The van der Waals surface area contributed by atoms with Gasteiger partial charge in [0.1, 0.15) is 0 Å². The first-order valence-electron chi connectivity index (χ1n) is 10.1. The van der Waals surface area contributed by atoms with E-state index < -0.39 is 5.41 Å². The second-order valence-electron chi connectivity index (χ2n) is 9.33. The quantitative estimate of drug-likeness (QED) is 0.783. The smallest absolute Gasteiger partial charge is 0.242 e. The molecule has 0 spiro atoms. The lowest BCUT2D eigenvalue weighted by Gasteiger charge is -2.38. The highest BCUT2D eigenvalue weighted by Gasteiger charge is 2.28. The summed E-state index contributed by atoms with van der Waals surface area (Å²) in [6.07, 6.45) is 1.19. The Kier molecular flexibility index (Phi) is 7.25. The molecule has 0 bridgehead atoms. The molecule has 2 heterocycles. The average Bonchev–Trinajstić information content (AvgIpc) is 2.58. The standard InChI is InChI=1S/C20H36N4O3/c1-15-10-16(2)13-24(12-15)18(26)14-22-6-8-23(9-7-22)17(25)11-21-19(27)20(3,4)5/h15-16H,6-14H2,1-5H3,(H,21,27). The van der Waals surface area contributed by atoms with E-state index in [1.165, 1.54) is 6.42 Å². The van der Waals surface area contributed by atoms with Crippen LogP contribution in [0.4, 0.5) is 0 Å². The summed E-state index contributed by atoms with van der Waals surface area (Å²) in [4.78, 5) is 42.7. The summed E-state index contributed by atoms with van der Waals surface area (Å²) in [5.41, 5.74) is -0.497. The minimum atomic E-state index is -0.497. The normalized spacial score (nSPS) is 24.6. The van der Waals surface area contributed by atoms with Gasteiger partial charge in [0.2, 0.25) is 17.7 Å². The third-order valence-electron chi connectivity index (χ3n) is 5.39. The fourth-order valence-corrected chi connectivity index (χ4v) is 3.85. The lowest BCUT2D eigenvalue weighted by atomic mass is 9.92. The Bertz CT molecular complexity index is 540. The van der Waals surface area contributed by atoms with Crippen LogP contribution in [0.5, 0.6) is 0 Å². The molecule has 2 unspecified atom stereocenters. The van der Waals surface area contributed by atoms with Crippen molar-refractivity contribution in [2.45, 2.75) is 41.0 Å². The van der Waals surface area contributed by atoms with E-state index in [9.17, 15) is 14.4 Å². The first-order chi connectivity index (χ1) is 12.6. The number of piperazine rings is 1. The summed E-state index contributed by atoms with van der Waals surface area (Å²) in [5, 5.41) is 2.71. The maximum Gasteiger partial charge on any atom is 0.242 e. The number of hydrogen-bond donors (Lipinski definition) is 1. The van der Waals surface area contributed by atoms with Crippen molar-refractivity contribution in [2.75, 3.05) is 52.4 Å². The van der Waals surface area contributed by atoms with Gasteiger partial charge in [-0.3, -0.25) is 19.3 Å². The van der Waals surface area contributed by atoms with E-state index in [0.29, 0.717) is 44.6 Å². The van der Waals surface area contributed by atoms with Gasteiger partial charge in [0, 0.05) is 44.7 Å².